The Bertz CT molecular complexity index is 577. The SMILES string of the molecule is CN1C=C(NC(=S)CCCCCCC(=O)Nc2ccccc2)SN1. The van der Waals surface area contributed by atoms with Crippen LogP contribution < -0.4 is 15.5 Å². The molecule has 1 aromatic rings. The van der Waals surface area contributed by atoms with E-state index in [1.165, 1.54) is 11.9 Å². The maximum Gasteiger partial charge on any atom is 0.224 e. The third kappa shape index (κ3) is 7.33. The highest BCUT2D eigenvalue weighted by Crippen LogP contribution is 2.16. The van der Waals surface area contributed by atoms with Crippen LogP contribution in [0.5, 0.6) is 0 Å². The zero-order valence-corrected chi connectivity index (χ0v) is 15.5. The molecule has 0 saturated heterocycles. The van der Waals surface area contributed by atoms with Crippen LogP contribution in [0.15, 0.2) is 41.6 Å². The van der Waals surface area contributed by atoms with Crippen molar-refractivity contribution in [2.45, 2.75) is 38.5 Å². The fourth-order valence-electron chi connectivity index (χ4n) is 2.28. The first-order valence-electron chi connectivity index (χ1n) is 8.15. The van der Waals surface area contributed by atoms with Gasteiger partial charge in [0.2, 0.25) is 5.91 Å². The quantitative estimate of drug-likeness (QED) is 0.352. The molecule has 0 aliphatic carbocycles. The lowest BCUT2D eigenvalue weighted by Gasteiger charge is -2.07. The average molecular weight is 365 g/mol. The Morgan fingerprint density at radius 3 is 2.50 bits per heavy atom. The molecule has 1 heterocycles. The van der Waals surface area contributed by atoms with Gasteiger partial charge >= 0.3 is 0 Å². The number of nitrogens with one attached hydrogen (secondary N) is 3. The lowest BCUT2D eigenvalue weighted by molar-refractivity contribution is -0.116. The molecule has 130 valence electrons. The third-order valence-electron chi connectivity index (χ3n) is 3.49. The lowest BCUT2D eigenvalue weighted by Crippen LogP contribution is -2.18. The number of anilines is 1. The number of carbonyl (C=O) groups excluding carboxylic acids is 1. The largest absolute Gasteiger partial charge is 0.342 e. The molecule has 1 aromatic carbocycles. The lowest BCUT2D eigenvalue weighted by atomic mass is 10.1. The number of unbranched alkanes of at least 4 members (excludes halogenated alkanes) is 3. The Labute approximate surface area is 153 Å². The topological polar surface area (TPSA) is 56.4 Å². The Hall–Kier alpha value is -1.57. The molecule has 0 atom stereocenters. The third-order valence-corrected chi connectivity index (χ3v) is 4.60. The van der Waals surface area contributed by atoms with Crippen molar-refractivity contribution in [3.63, 3.8) is 0 Å². The van der Waals surface area contributed by atoms with Crippen molar-refractivity contribution < 1.29 is 4.79 Å². The molecule has 0 aromatic heterocycles. The molecule has 1 aliphatic rings. The van der Waals surface area contributed by atoms with E-state index in [-0.39, 0.29) is 5.91 Å². The van der Waals surface area contributed by atoms with Crippen molar-refractivity contribution in [1.29, 1.82) is 0 Å². The van der Waals surface area contributed by atoms with Crippen LogP contribution in [0.3, 0.4) is 0 Å². The second kappa shape index (κ2) is 10.3. The summed E-state index contributed by atoms with van der Waals surface area (Å²) < 4.78 is 0. The fourth-order valence-corrected chi connectivity index (χ4v) is 3.28. The van der Waals surface area contributed by atoms with Crippen LogP contribution >= 0.6 is 24.2 Å². The van der Waals surface area contributed by atoms with E-state index in [2.05, 4.69) is 15.5 Å². The van der Waals surface area contributed by atoms with Crippen molar-refractivity contribution in [2.24, 2.45) is 0 Å². The van der Waals surface area contributed by atoms with Crippen LogP contribution in [0.1, 0.15) is 38.5 Å². The van der Waals surface area contributed by atoms with E-state index in [0.29, 0.717) is 6.42 Å². The van der Waals surface area contributed by atoms with E-state index in [4.69, 9.17) is 12.2 Å². The number of hydrazine groups is 1. The van der Waals surface area contributed by atoms with Gasteiger partial charge in [-0.1, -0.05) is 43.3 Å². The summed E-state index contributed by atoms with van der Waals surface area (Å²) in [5.41, 5.74) is 0.859. The number of carbonyl (C=O) groups is 1. The maximum atomic E-state index is 11.8. The summed E-state index contributed by atoms with van der Waals surface area (Å²) in [7, 11) is 1.94. The molecule has 3 N–H and O–H groups in total. The van der Waals surface area contributed by atoms with Crippen LogP contribution in [0, 0.1) is 0 Å². The first-order valence-corrected chi connectivity index (χ1v) is 9.38. The number of para-hydroxylation sites is 1. The van der Waals surface area contributed by atoms with Crippen LogP contribution in [-0.4, -0.2) is 23.0 Å². The summed E-state index contributed by atoms with van der Waals surface area (Å²) in [4.78, 5) is 15.8. The molecule has 2 rings (SSSR count). The highest BCUT2D eigenvalue weighted by atomic mass is 32.2. The van der Waals surface area contributed by atoms with E-state index in [1.54, 1.807) is 0 Å². The standard InChI is InChI=1S/C17H24N4OS2/c1-21-13-17(24-20-21)19-16(23)12-8-3-2-7-11-15(22)18-14-9-5-4-6-10-14/h4-6,9-10,13,20H,2-3,7-8,11-12H2,1H3,(H,18,22)(H,19,23). The number of amides is 1. The number of benzene rings is 1. The van der Waals surface area contributed by atoms with Gasteiger partial charge in [0.25, 0.3) is 0 Å². The van der Waals surface area contributed by atoms with E-state index < -0.39 is 0 Å². The number of rotatable bonds is 9. The minimum Gasteiger partial charge on any atom is -0.342 e. The number of hydrogen-bond acceptors (Lipinski definition) is 5. The monoisotopic (exact) mass is 364 g/mol. The normalized spacial score (nSPS) is 13.5. The molecular formula is C17H24N4OS2. The first-order chi connectivity index (χ1) is 11.6. The summed E-state index contributed by atoms with van der Waals surface area (Å²) in [6.07, 6.45) is 7.52. The molecular weight excluding hydrogens is 340 g/mol. The molecule has 7 heteroatoms. The van der Waals surface area contributed by atoms with Gasteiger partial charge < -0.3 is 15.6 Å². The highest BCUT2D eigenvalue weighted by Gasteiger charge is 2.10. The van der Waals surface area contributed by atoms with Crippen LogP contribution in [0.4, 0.5) is 5.69 Å². The average Bonchev–Trinajstić information content (AvgIpc) is 2.96. The molecule has 0 radical (unpaired) electrons. The Morgan fingerprint density at radius 2 is 1.83 bits per heavy atom. The first kappa shape index (κ1) is 18.8. The van der Waals surface area contributed by atoms with Crippen molar-refractivity contribution in [3.8, 4) is 0 Å². The summed E-state index contributed by atoms with van der Waals surface area (Å²) >= 11 is 6.87. The summed E-state index contributed by atoms with van der Waals surface area (Å²) in [5, 5.41) is 9.05. The second-order valence-corrected chi connectivity index (χ2v) is 6.99. The van der Waals surface area contributed by atoms with Gasteiger partial charge in [-0.25, -0.2) is 0 Å². The minimum absolute atomic E-state index is 0.0835. The van der Waals surface area contributed by atoms with Crippen LogP contribution in [-0.2, 0) is 4.79 Å². The Balaban J connectivity index is 1.48. The summed E-state index contributed by atoms with van der Waals surface area (Å²) in [6, 6.07) is 9.57. The van der Waals surface area contributed by atoms with E-state index in [9.17, 15) is 4.79 Å². The van der Waals surface area contributed by atoms with Crippen molar-refractivity contribution in [1.82, 2.24) is 15.2 Å². The predicted octanol–water partition coefficient (Wildman–Crippen LogP) is 3.78. The van der Waals surface area contributed by atoms with Gasteiger partial charge in [-0.3, -0.25) is 4.79 Å². The predicted molar refractivity (Wildman–Crippen MR) is 105 cm³/mol. The molecule has 0 spiro atoms. The highest BCUT2D eigenvalue weighted by molar-refractivity contribution is 8.01. The van der Waals surface area contributed by atoms with Crippen LogP contribution in [0.2, 0.25) is 0 Å². The molecule has 0 unspecified atom stereocenters. The van der Waals surface area contributed by atoms with Gasteiger partial charge in [0.15, 0.2) is 0 Å². The molecule has 0 fully saturated rings. The molecule has 0 saturated carbocycles. The van der Waals surface area contributed by atoms with Crippen molar-refractivity contribution in [2.75, 3.05) is 12.4 Å². The van der Waals surface area contributed by atoms with Gasteiger partial charge in [0.1, 0.15) is 5.03 Å². The van der Waals surface area contributed by atoms with E-state index in [1.807, 2.05) is 48.6 Å². The molecule has 1 aliphatic heterocycles. The molecule has 1 amide bonds. The zero-order chi connectivity index (χ0) is 17.2. The fraction of sp³-hybridized carbons (Fsp3) is 0.412. The summed E-state index contributed by atoms with van der Waals surface area (Å²) in [6.45, 7) is 0. The number of thiocarbonyl (C=S) groups is 1. The van der Waals surface area contributed by atoms with E-state index in [0.717, 1.165) is 47.8 Å². The zero-order valence-electron chi connectivity index (χ0n) is 13.9. The van der Waals surface area contributed by atoms with Gasteiger partial charge in [0.05, 0.1) is 4.99 Å². The van der Waals surface area contributed by atoms with Crippen molar-refractivity contribution in [3.05, 3.63) is 41.6 Å². The second-order valence-electron chi connectivity index (χ2n) is 5.67. The van der Waals surface area contributed by atoms with Crippen LogP contribution in [0.25, 0.3) is 0 Å². The van der Waals surface area contributed by atoms with Gasteiger partial charge in [-0.2, -0.15) is 4.83 Å². The number of nitrogens with zero attached hydrogens (tertiary/aromatic N) is 1. The molecule has 5 nitrogen and oxygen atoms in total. The van der Waals surface area contributed by atoms with E-state index >= 15 is 0 Å². The summed E-state index contributed by atoms with van der Waals surface area (Å²) in [5.74, 6) is 0.0835. The molecule has 24 heavy (non-hydrogen) atoms. The Morgan fingerprint density at radius 1 is 1.12 bits per heavy atom. The van der Waals surface area contributed by atoms with Gasteiger partial charge in [-0.15, -0.1) is 0 Å². The smallest absolute Gasteiger partial charge is 0.224 e. The van der Waals surface area contributed by atoms with Crippen molar-refractivity contribution >= 4 is 40.7 Å². The number of hydrogen-bond donors (Lipinski definition) is 3. The molecule has 0 bridgehead atoms. The maximum absolute atomic E-state index is 11.8. The van der Waals surface area contributed by atoms with Gasteiger partial charge in [-0.05, 0) is 43.3 Å². The minimum atomic E-state index is 0.0835. The van der Waals surface area contributed by atoms with Gasteiger partial charge in [0, 0.05) is 25.4 Å². The Kier molecular flexibility index (Phi) is 8.07.